The van der Waals surface area contributed by atoms with Crippen LogP contribution in [-0.4, -0.2) is 23.1 Å². The fourth-order valence-corrected chi connectivity index (χ4v) is 6.02. The Morgan fingerprint density at radius 2 is 1.36 bits per heavy atom. The first kappa shape index (κ1) is 30.9. The zero-order chi connectivity index (χ0) is 27.9. The van der Waals surface area contributed by atoms with E-state index in [0.717, 1.165) is 17.7 Å². The fraction of sp³-hybridized carbons (Fsp3) is 0.545. The van der Waals surface area contributed by atoms with Crippen molar-refractivity contribution < 1.29 is 19.4 Å². The second-order valence-electron chi connectivity index (χ2n) is 10.5. The van der Waals surface area contributed by atoms with Gasteiger partial charge in [-0.2, -0.15) is 11.8 Å². The Balaban J connectivity index is 1.45. The van der Waals surface area contributed by atoms with Gasteiger partial charge in [0.05, 0.1) is 12.7 Å². The molecule has 0 amide bonds. The molecule has 0 radical (unpaired) electrons. The Labute approximate surface area is 238 Å². The van der Waals surface area contributed by atoms with Gasteiger partial charge in [0.25, 0.3) is 0 Å². The van der Waals surface area contributed by atoms with Crippen molar-refractivity contribution >= 4 is 22.7 Å². The molecule has 214 valence electrons. The zero-order valence-corrected chi connectivity index (χ0v) is 24.6. The Morgan fingerprint density at radius 3 is 1.92 bits per heavy atom. The highest BCUT2D eigenvalue weighted by Crippen LogP contribution is 2.34. The van der Waals surface area contributed by atoms with Crippen molar-refractivity contribution in [3.63, 3.8) is 0 Å². The third kappa shape index (κ3) is 9.82. The molecular formula is C33H46O5S. The standard InChI is InChI=1S/C33H46O5S/c1-3-4-5-6-7-8-9-10-11-12-13-14-15-16-21-39-24-28-32(36)31-29(35)22-26(34)23-30(31)38-33(28)25-17-19-27(37-2)20-18-25/h17-20,22-23,34-35H,3-16,21,24H2,1-2H3. The molecule has 3 rings (SSSR count). The summed E-state index contributed by atoms with van der Waals surface area (Å²) in [5, 5.41) is 20.4. The van der Waals surface area contributed by atoms with E-state index >= 15 is 0 Å². The van der Waals surface area contributed by atoms with E-state index in [1.807, 2.05) is 24.3 Å². The zero-order valence-electron chi connectivity index (χ0n) is 23.8. The molecule has 0 bridgehead atoms. The van der Waals surface area contributed by atoms with Gasteiger partial charge in [-0.1, -0.05) is 90.4 Å². The first-order chi connectivity index (χ1) is 19.0. The molecule has 1 heterocycles. The minimum Gasteiger partial charge on any atom is -0.508 e. The van der Waals surface area contributed by atoms with Gasteiger partial charge >= 0.3 is 0 Å². The molecule has 2 N–H and O–H groups in total. The Morgan fingerprint density at radius 1 is 0.795 bits per heavy atom. The summed E-state index contributed by atoms with van der Waals surface area (Å²) in [5.41, 5.74) is 1.20. The molecule has 2 aromatic carbocycles. The molecular weight excluding hydrogens is 508 g/mol. The molecule has 0 saturated carbocycles. The first-order valence-electron chi connectivity index (χ1n) is 14.8. The van der Waals surface area contributed by atoms with Crippen LogP contribution in [0.5, 0.6) is 17.2 Å². The third-order valence-corrected chi connectivity index (χ3v) is 8.36. The summed E-state index contributed by atoms with van der Waals surface area (Å²) in [6, 6.07) is 9.91. The lowest BCUT2D eigenvalue weighted by Crippen LogP contribution is -2.11. The molecule has 0 fully saturated rings. The van der Waals surface area contributed by atoms with Crippen molar-refractivity contribution in [2.24, 2.45) is 0 Å². The third-order valence-electron chi connectivity index (χ3n) is 7.29. The topological polar surface area (TPSA) is 79.9 Å². The van der Waals surface area contributed by atoms with Crippen molar-refractivity contribution in [2.75, 3.05) is 12.9 Å². The molecule has 39 heavy (non-hydrogen) atoms. The molecule has 0 aliphatic heterocycles. The van der Waals surface area contributed by atoms with Gasteiger partial charge in [0.1, 0.15) is 34.0 Å². The Bertz CT molecular complexity index is 1190. The van der Waals surface area contributed by atoms with E-state index in [-0.39, 0.29) is 27.9 Å². The van der Waals surface area contributed by atoms with E-state index in [1.54, 1.807) is 18.9 Å². The molecule has 0 saturated heterocycles. The molecule has 3 aromatic rings. The number of fused-ring (bicyclic) bond motifs is 1. The lowest BCUT2D eigenvalue weighted by molar-refractivity contribution is 0.415. The van der Waals surface area contributed by atoms with E-state index in [9.17, 15) is 15.0 Å². The molecule has 0 aliphatic carbocycles. The van der Waals surface area contributed by atoms with Crippen LogP contribution in [0.15, 0.2) is 45.6 Å². The Hall–Kier alpha value is -2.60. The summed E-state index contributed by atoms with van der Waals surface area (Å²) in [5.74, 6) is 2.24. The average molecular weight is 555 g/mol. The number of thioether (sulfide) groups is 1. The number of rotatable bonds is 19. The normalized spacial score (nSPS) is 11.3. The fourth-order valence-electron chi connectivity index (χ4n) is 5.00. The molecule has 1 aromatic heterocycles. The van der Waals surface area contributed by atoms with Gasteiger partial charge in [-0.25, -0.2) is 0 Å². The predicted octanol–water partition coefficient (Wildman–Crippen LogP) is 9.59. The van der Waals surface area contributed by atoms with E-state index in [1.165, 1.54) is 95.6 Å². The maximum Gasteiger partial charge on any atom is 0.201 e. The maximum atomic E-state index is 13.4. The van der Waals surface area contributed by atoms with Gasteiger partial charge in [-0.05, 0) is 36.4 Å². The number of hydrogen-bond acceptors (Lipinski definition) is 6. The van der Waals surface area contributed by atoms with E-state index in [2.05, 4.69) is 6.92 Å². The second-order valence-corrected chi connectivity index (χ2v) is 11.6. The van der Waals surface area contributed by atoms with Crippen LogP contribution in [0, 0.1) is 0 Å². The summed E-state index contributed by atoms with van der Waals surface area (Å²) in [6.07, 6.45) is 18.7. The van der Waals surface area contributed by atoms with Crippen molar-refractivity contribution in [3.05, 3.63) is 52.2 Å². The van der Waals surface area contributed by atoms with Gasteiger partial charge in [0.15, 0.2) is 0 Å². The average Bonchev–Trinajstić information content (AvgIpc) is 2.93. The van der Waals surface area contributed by atoms with E-state index < -0.39 is 0 Å². The monoisotopic (exact) mass is 554 g/mol. The van der Waals surface area contributed by atoms with Crippen LogP contribution in [-0.2, 0) is 5.75 Å². The summed E-state index contributed by atoms with van der Waals surface area (Å²) in [4.78, 5) is 13.4. The highest BCUT2D eigenvalue weighted by molar-refractivity contribution is 7.98. The first-order valence-corrected chi connectivity index (χ1v) is 15.9. The Kier molecular flexibility index (Phi) is 13.6. The van der Waals surface area contributed by atoms with Crippen molar-refractivity contribution in [1.82, 2.24) is 0 Å². The minimum atomic E-state index is -0.266. The molecule has 0 spiro atoms. The van der Waals surface area contributed by atoms with Crippen LogP contribution in [0.25, 0.3) is 22.3 Å². The van der Waals surface area contributed by atoms with Gasteiger partial charge in [0.2, 0.25) is 5.43 Å². The summed E-state index contributed by atoms with van der Waals surface area (Å²) >= 11 is 1.72. The molecule has 6 heteroatoms. The van der Waals surface area contributed by atoms with E-state index in [4.69, 9.17) is 9.15 Å². The number of ether oxygens (including phenoxy) is 1. The highest BCUT2D eigenvalue weighted by Gasteiger charge is 2.19. The van der Waals surface area contributed by atoms with E-state index in [0.29, 0.717) is 22.8 Å². The SMILES string of the molecule is CCCCCCCCCCCCCCCCSCc1c(-c2ccc(OC)cc2)oc2cc(O)cc(O)c2c1=O. The molecule has 5 nitrogen and oxygen atoms in total. The highest BCUT2D eigenvalue weighted by atomic mass is 32.2. The number of phenolic OH excluding ortho intramolecular Hbond substituents is 2. The number of unbranched alkanes of at least 4 members (excludes halogenated alkanes) is 13. The molecule has 0 atom stereocenters. The van der Waals surface area contributed by atoms with Crippen LogP contribution < -0.4 is 10.2 Å². The van der Waals surface area contributed by atoms with Crippen molar-refractivity contribution in [3.8, 4) is 28.6 Å². The van der Waals surface area contributed by atoms with Gasteiger partial charge in [-0.15, -0.1) is 0 Å². The van der Waals surface area contributed by atoms with Crippen molar-refractivity contribution in [2.45, 2.75) is 103 Å². The summed E-state index contributed by atoms with van der Waals surface area (Å²) in [6.45, 7) is 2.27. The van der Waals surface area contributed by atoms with Crippen LogP contribution >= 0.6 is 11.8 Å². The molecule has 0 aliphatic rings. The van der Waals surface area contributed by atoms with Gasteiger partial charge in [0, 0.05) is 23.4 Å². The molecule has 0 unspecified atom stereocenters. The van der Waals surface area contributed by atoms with Gasteiger partial charge in [-0.3, -0.25) is 4.79 Å². The number of phenols is 2. The van der Waals surface area contributed by atoms with Gasteiger partial charge < -0.3 is 19.4 Å². The van der Waals surface area contributed by atoms with Crippen LogP contribution in [0.4, 0.5) is 0 Å². The van der Waals surface area contributed by atoms with Crippen molar-refractivity contribution in [1.29, 1.82) is 0 Å². The van der Waals surface area contributed by atoms with Crippen LogP contribution in [0.1, 0.15) is 102 Å². The minimum absolute atomic E-state index is 0.108. The number of hydrogen-bond donors (Lipinski definition) is 2. The maximum absolute atomic E-state index is 13.4. The largest absolute Gasteiger partial charge is 0.508 e. The smallest absolute Gasteiger partial charge is 0.201 e. The second kappa shape index (κ2) is 17.2. The number of aromatic hydroxyl groups is 2. The summed E-state index contributed by atoms with van der Waals surface area (Å²) in [7, 11) is 1.61. The predicted molar refractivity (Wildman–Crippen MR) is 164 cm³/mol. The quantitative estimate of drug-likeness (QED) is 0.144. The van der Waals surface area contributed by atoms with Crippen LogP contribution in [0.3, 0.4) is 0 Å². The lowest BCUT2D eigenvalue weighted by atomic mass is 10.0. The number of methoxy groups -OCH3 is 1. The van der Waals surface area contributed by atoms with Crippen LogP contribution in [0.2, 0.25) is 0 Å². The summed E-state index contributed by atoms with van der Waals surface area (Å²) < 4.78 is 11.4. The number of benzene rings is 2. The lowest BCUT2D eigenvalue weighted by Gasteiger charge is -2.12.